The van der Waals surface area contributed by atoms with Crippen LogP contribution in [0.15, 0.2) is 47.4 Å². The minimum Gasteiger partial charge on any atom is -0.483 e. The summed E-state index contributed by atoms with van der Waals surface area (Å²) in [5, 5.41) is 8.92. The van der Waals surface area contributed by atoms with E-state index in [1.165, 1.54) is 0 Å². The summed E-state index contributed by atoms with van der Waals surface area (Å²) in [6.45, 7) is -1.55. The lowest BCUT2D eigenvalue weighted by Gasteiger charge is -2.15. The van der Waals surface area contributed by atoms with Gasteiger partial charge in [0.05, 0.1) is 6.20 Å². The third-order valence-corrected chi connectivity index (χ3v) is 2.90. The second-order valence-electron chi connectivity index (χ2n) is 4.71. The highest BCUT2D eigenvalue weighted by molar-refractivity contribution is 5.85. The molecule has 0 aliphatic rings. The molecule has 0 bridgehead atoms. The third kappa shape index (κ3) is 4.60. The monoisotopic (exact) mass is 327 g/mol. The fraction of sp³-hybridized carbons (Fsp3) is 0.200. The summed E-state index contributed by atoms with van der Waals surface area (Å²) in [5.74, 6) is -1.97. The minimum atomic E-state index is -4.63. The molecule has 8 heteroatoms. The van der Waals surface area contributed by atoms with Gasteiger partial charge in [0.15, 0.2) is 5.75 Å². The summed E-state index contributed by atoms with van der Waals surface area (Å²) < 4.78 is 43.3. The highest BCUT2D eigenvalue weighted by Crippen LogP contribution is 2.20. The number of nitrogens with zero attached hydrogens (tertiary/aromatic N) is 1. The topological polar surface area (TPSA) is 68.5 Å². The zero-order valence-corrected chi connectivity index (χ0v) is 11.7. The van der Waals surface area contributed by atoms with Gasteiger partial charge < -0.3 is 14.4 Å². The number of carbonyl (C=O) groups is 1. The summed E-state index contributed by atoms with van der Waals surface area (Å²) in [5.41, 5.74) is -0.826. The maximum absolute atomic E-state index is 12.5. The summed E-state index contributed by atoms with van der Waals surface area (Å²) in [7, 11) is 0. The van der Waals surface area contributed by atoms with Crippen molar-refractivity contribution in [2.24, 2.45) is 0 Å². The number of aromatic nitrogens is 1. The second kappa shape index (κ2) is 6.55. The number of pyridine rings is 1. The summed E-state index contributed by atoms with van der Waals surface area (Å²) in [6, 6.07) is 9.33. The first-order valence-electron chi connectivity index (χ1n) is 6.47. The average molecular weight is 327 g/mol. The molecule has 0 aliphatic carbocycles. The van der Waals surface area contributed by atoms with Crippen LogP contribution in [-0.2, 0) is 13.2 Å². The van der Waals surface area contributed by atoms with Crippen molar-refractivity contribution in [2.45, 2.75) is 19.3 Å². The number of halogens is 3. The van der Waals surface area contributed by atoms with Crippen molar-refractivity contribution in [2.75, 3.05) is 0 Å². The molecule has 23 heavy (non-hydrogen) atoms. The van der Waals surface area contributed by atoms with Gasteiger partial charge in [0.25, 0.3) is 0 Å². The Bertz CT molecular complexity index is 754. The van der Waals surface area contributed by atoms with Gasteiger partial charge in [-0.2, -0.15) is 13.2 Å². The van der Waals surface area contributed by atoms with E-state index in [0.717, 1.165) is 11.8 Å². The molecule has 1 aromatic carbocycles. The SMILES string of the molecule is O=C(O)c1cc(=O)c(OCc2ccccc2)cn1CC(F)(F)F. The number of benzene rings is 1. The minimum absolute atomic E-state index is 0.0193. The van der Waals surface area contributed by atoms with Gasteiger partial charge in [-0.05, 0) is 5.56 Å². The molecular formula is C15H12F3NO4. The van der Waals surface area contributed by atoms with Crippen LogP contribution in [0.2, 0.25) is 0 Å². The van der Waals surface area contributed by atoms with Crippen LogP contribution in [-0.4, -0.2) is 21.8 Å². The fourth-order valence-corrected chi connectivity index (χ4v) is 1.91. The number of alkyl halides is 3. The number of carboxylic acid groups (broad SMARTS) is 1. The van der Waals surface area contributed by atoms with Gasteiger partial charge in [-0.25, -0.2) is 4.79 Å². The molecule has 0 amide bonds. The Kier molecular flexibility index (Phi) is 4.73. The molecular weight excluding hydrogens is 315 g/mol. The molecule has 0 fully saturated rings. The predicted octanol–water partition coefficient (Wildman–Crippen LogP) is 2.69. The molecule has 0 saturated heterocycles. The van der Waals surface area contributed by atoms with Crippen molar-refractivity contribution in [3.8, 4) is 5.75 Å². The summed E-state index contributed by atoms with van der Waals surface area (Å²) >= 11 is 0. The Morgan fingerprint density at radius 2 is 1.87 bits per heavy atom. The lowest BCUT2D eigenvalue weighted by Crippen LogP contribution is -2.25. The van der Waals surface area contributed by atoms with Crippen molar-refractivity contribution in [1.82, 2.24) is 4.57 Å². The fourth-order valence-electron chi connectivity index (χ4n) is 1.91. The average Bonchev–Trinajstić information content (AvgIpc) is 2.46. The molecule has 1 N–H and O–H groups in total. The lowest BCUT2D eigenvalue weighted by molar-refractivity contribution is -0.140. The van der Waals surface area contributed by atoms with Gasteiger partial charge in [-0.3, -0.25) is 4.79 Å². The standard InChI is InChI=1S/C15H12F3NO4/c16-15(17,18)9-19-7-13(12(20)6-11(19)14(21)22)23-8-10-4-2-1-3-5-10/h1-7H,8-9H2,(H,21,22). The lowest BCUT2D eigenvalue weighted by atomic mass is 10.2. The highest BCUT2D eigenvalue weighted by Gasteiger charge is 2.30. The van der Waals surface area contributed by atoms with Gasteiger partial charge in [-0.15, -0.1) is 0 Å². The number of rotatable bonds is 5. The van der Waals surface area contributed by atoms with Gasteiger partial charge in [0.2, 0.25) is 5.43 Å². The zero-order valence-electron chi connectivity index (χ0n) is 11.7. The van der Waals surface area contributed by atoms with Crippen LogP contribution < -0.4 is 10.2 Å². The van der Waals surface area contributed by atoms with E-state index in [-0.39, 0.29) is 12.4 Å². The molecule has 1 aromatic heterocycles. The van der Waals surface area contributed by atoms with Crippen molar-refractivity contribution < 1.29 is 27.8 Å². The Morgan fingerprint density at radius 1 is 1.22 bits per heavy atom. The maximum Gasteiger partial charge on any atom is 0.406 e. The van der Waals surface area contributed by atoms with E-state index in [4.69, 9.17) is 9.84 Å². The van der Waals surface area contributed by atoms with Gasteiger partial charge >= 0.3 is 12.1 Å². The molecule has 0 radical (unpaired) electrons. The van der Waals surface area contributed by atoms with Crippen molar-refractivity contribution >= 4 is 5.97 Å². The molecule has 0 atom stereocenters. The zero-order chi connectivity index (χ0) is 17.0. The largest absolute Gasteiger partial charge is 0.483 e. The van der Waals surface area contributed by atoms with Crippen molar-refractivity contribution in [3.05, 3.63) is 64.1 Å². The van der Waals surface area contributed by atoms with E-state index in [0.29, 0.717) is 10.6 Å². The van der Waals surface area contributed by atoms with E-state index >= 15 is 0 Å². The number of carboxylic acids is 1. The molecule has 2 rings (SSSR count). The first kappa shape index (κ1) is 16.6. The van der Waals surface area contributed by atoms with E-state index in [9.17, 15) is 22.8 Å². The number of aromatic carboxylic acids is 1. The number of hydrogen-bond acceptors (Lipinski definition) is 3. The Balaban J connectivity index is 2.31. The van der Waals surface area contributed by atoms with E-state index in [1.54, 1.807) is 30.3 Å². The normalized spacial score (nSPS) is 11.3. The number of ether oxygens (including phenoxy) is 1. The van der Waals surface area contributed by atoms with E-state index < -0.39 is 29.8 Å². The Morgan fingerprint density at radius 3 is 2.43 bits per heavy atom. The summed E-state index contributed by atoms with van der Waals surface area (Å²) in [4.78, 5) is 22.8. The van der Waals surface area contributed by atoms with E-state index in [2.05, 4.69) is 0 Å². The molecule has 5 nitrogen and oxygen atoms in total. The molecule has 2 aromatic rings. The van der Waals surface area contributed by atoms with E-state index in [1.807, 2.05) is 0 Å². The van der Waals surface area contributed by atoms with Crippen LogP contribution in [0.1, 0.15) is 16.1 Å². The second-order valence-corrected chi connectivity index (χ2v) is 4.71. The third-order valence-electron chi connectivity index (χ3n) is 2.90. The molecule has 0 aliphatic heterocycles. The van der Waals surface area contributed by atoms with Gasteiger partial charge in [0, 0.05) is 6.07 Å². The summed E-state index contributed by atoms with van der Waals surface area (Å²) in [6.07, 6.45) is -3.86. The quantitative estimate of drug-likeness (QED) is 0.917. The Hall–Kier alpha value is -2.77. The highest BCUT2D eigenvalue weighted by atomic mass is 19.4. The van der Waals surface area contributed by atoms with Crippen LogP contribution in [0.4, 0.5) is 13.2 Å². The first-order valence-corrected chi connectivity index (χ1v) is 6.47. The predicted molar refractivity (Wildman–Crippen MR) is 74.5 cm³/mol. The van der Waals surface area contributed by atoms with Crippen LogP contribution in [0.5, 0.6) is 5.75 Å². The Labute approximate surface area is 128 Å². The van der Waals surface area contributed by atoms with Crippen molar-refractivity contribution in [3.63, 3.8) is 0 Å². The van der Waals surface area contributed by atoms with Crippen LogP contribution in [0.3, 0.4) is 0 Å². The van der Waals surface area contributed by atoms with Crippen LogP contribution >= 0.6 is 0 Å². The molecule has 0 spiro atoms. The number of hydrogen-bond donors (Lipinski definition) is 1. The first-order chi connectivity index (χ1) is 10.8. The molecule has 0 saturated carbocycles. The molecule has 122 valence electrons. The molecule has 0 unspecified atom stereocenters. The van der Waals surface area contributed by atoms with Gasteiger partial charge in [0.1, 0.15) is 18.8 Å². The maximum atomic E-state index is 12.5. The smallest absolute Gasteiger partial charge is 0.406 e. The van der Waals surface area contributed by atoms with Gasteiger partial charge in [-0.1, -0.05) is 30.3 Å². The van der Waals surface area contributed by atoms with Crippen LogP contribution in [0, 0.1) is 0 Å². The van der Waals surface area contributed by atoms with Crippen molar-refractivity contribution in [1.29, 1.82) is 0 Å². The van der Waals surface area contributed by atoms with Crippen LogP contribution in [0.25, 0.3) is 0 Å². The molecule has 1 heterocycles.